The summed E-state index contributed by atoms with van der Waals surface area (Å²) in [5, 5.41) is 2.97. The molecule has 1 aliphatic heterocycles. The largest absolute Gasteiger partial charge is 0.345 e. The Bertz CT molecular complexity index is 984. The Hall–Kier alpha value is -2.89. The van der Waals surface area contributed by atoms with E-state index in [0.717, 1.165) is 11.1 Å². The molecule has 1 N–H and O–H groups in total. The summed E-state index contributed by atoms with van der Waals surface area (Å²) in [5.41, 5.74) is 4.19. The average Bonchev–Trinajstić information content (AvgIpc) is 3.13. The second-order valence-electron chi connectivity index (χ2n) is 6.41. The molecule has 1 saturated heterocycles. The Morgan fingerprint density at radius 2 is 1.96 bits per heavy atom. The molecule has 0 radical (unpaired) electrons. The van der Waals surface area contributed by atoms with Crippen LogP contribution in [0.4, 0.5) is 0 Å². The molecule has 6 heteroatoms. The number of rotatable bonds is 2. The fourth-order valence-electron chi connectivity index (χ4n) is 3.22. The number of fused-ring (bicyclic) bond motifs is 1. The molecule has 1 amide bonds. The Balaban J connectivity index is 1.84. The number of hydrogen-bond donors (Lipinski definition) is 1. The van der Waals surface area contributed by atoms with Crippen LogP contribution >= 0.6 is 0 Å². The first-order valence-electron chi connectivity index (χ1n) is 7.95. The predicted octanol–water partition coefficient (Wildman–Crippen LogP) is 1.94. The Morgan fingerprint density at radius 1 is 1.21 bits per heavy atom. The highest BCUT2D eigenvalue weighted by Crippen LogP contribution is 2.28. The molecular weight excluding hydrogens is 304 g/mol. The summed E-state index contributed by atoms with van der Waals surface area (Å²) in [4.78, 5) is 30.6. The minimum Gasteiger partial charge on any atom is -0.345 e. The fraction of sp³-hybridized carbons (Fsp3) is 0.278. The average molecular weight is 322 g/mol. The summed E-state index contributed by atoms with van der Waals surface area (Å²) >= 11 is 0. The number of carbonyl (C=O) groups excluding carboxylic acids is 1. The van der Waals surface area contributed by atoms with Crippen LogP contribution in [0.1, 0.15) is 23.6 Å². The Labute approximate surface area is 138 Å². The van der Waals surface area contributed by atoms with Gasteiger partial charge in [-0.3, -0.25) is 14.7 Å². The van der Waals surface area contributed by atoms with Crippen LogP contribution in [0.3, 0.4) is 0 Å². The monoisotopic (exact) mass is 322 g/mol. The van der Waals surface area contributed by atoms with E-state index in [2.05, 4.69) is 5.10 Å². The van der Waals surface area contributed by atoms with E-state index in [1.54, 1.807) is 18.1 Å². The van der Waals surface area contributed by atoms with Crippen molar-refractivity contribution in [1.82, 2.24) is 19.5 Å². The zero-order valence-electron chi connectivity index (χ0n) is 13.6. The number of aromatic amines is 1. The van der Waals surface area contributed by atoms with Crippen LogP contribution in [0.5, 0.6) is 0 Å². The van der Waals surface area contributed by atoms with Gasteiger partial charge in [-0.2, -0.15) is 0 Å². The molecule has 122 valence electrons. The molecule has 3 heterocycles. The first-order chi connectivity index (χ1) is 11.5. The number of hydrogen-bond acceptors (Lipinski definition) is 3. The smallest absolute Gasteiger partial charge is 0.272 e. The van der Waals surface area contributed by atoms with Crippen molar-refractivity contribution in [3.8, 4) is 11.1 Å². The van der Waals surface area contributed by atoms with Crippen molar-refractivity contribution in [2.45, 2.75) is 19.3 Å². The number of likely N-dealkylation sites (N-methyl/N-ethyl adjacent to an activating group) is 1. The van der Waals surface area contributed by atoms with Gasteiger partial charge in [0, 0.05) is 43.8 Å². The lowest BCUT2D eigenvalue weighted by Crippen LogP contribution is -2.20. The van der Waals surface area contributed by atoms with Gasteiger partial charge in [-0.15, -0.1) is 0 Å². The third-order valence-corrected chi connectivity index (χ3v) is 4.64. The molecular formula is C18H18N4O2. The van der Waals surface area contributed by atoms with Crippen molar-refractivity contribution in [2.24, 2.45) is 0 Å². The minimum atomic E-state index is -0.157. The molecule has 6 nitrogen and oxygen atoms in total. The van der Waals surface area contributed by atoms with Crippen molar-refractivity contribution in [2.75, 3.05) is 13.6 Å². The maximum Gasteiger partial charge on any atom is 0.272 e. The number of nitrogens with one attached hydrogen (secondary N) is 1. The molecule has 1 unspecified atom stereocenters. The number of aryl methyl sites for hydroxylation is 1. The summed E-state index contributed by atoms with van der Waals surface area (Å²) in [6, 6.07) is 9.63. The fourth-order valence-corrected chi connectivity index (χ4v) is 3.22. The Morgan fingerprint density at radius 3 is 2.62 bits per heavy atom. The highest BCUT2D eigenvalue weighted by molar-refractivity contribution is 5.80. The maximum absolute atomic E-state index is 12.4. The molecule has 1 aliphatic rings. The second kappa shape index (κ2) is 5.33. The normalized spacial score (nSPS) is 17.8. The summed E-state index contributed by atoms with van der Waals surface area (Å²) < 4.78 is 1.44. The topological polar surface area (TPSA) is 70.5 Å². The van der Waals surface area contributed by atoms with Gasteiger partial charge in [0.05, 0.1) is 5.69 Å². The van der Waals surface area contributed by atoms with E-state index in [1.165, 1.54) is 16.1 Å². The summed E-state index contributed by atoms with van der Waals surface area (Å²) in [6.07, 6.45) is 2.20. The van der Waals surface area contributed by atoms with Crippen LogP contribution in [0.2, 0.25) is 0 Å². The van der Waals surface area contributed by atoms with Crippen LogP contribution in [-0.2, 0) is 4.79 Å². The van der Waals surface area contributed by atoms with Crippen molar-refractivity contribution >= 4 is 11.6 Å². The molecule has 2 aromatic heterocycles. The van der Waals surface area contributed by atoms with Gasteiger partial charge in [-0.05, 0) is 12.5 Å². The highest BCUT2D eigenvalue weighted by atomic mass is 16.2. The lowest BCUT2D eigenvalue weighted by Gasteiger charge is -2.10. The van der Waals surface area contributed by atoms with Crippen LogP contribution in [0, 0.1) is 6.92 Å². The molecule has 0 saturated carbocycles. The van der Waals surface area contributed by atoms with E-state index in [1.807, 2.05) is 31.2 Å². The van der Waals surface area contributed by atoms with Gasteiger partial charge in [0.25, 0.3) is 5.56 Å². The van der Waals surface area contributed by atoms with Gasteiger partial charge in [0.2, 0.25) is 5.91 Å². The molecule has 4 rings (SSSR count). The van der Waals surface area contributed by atoms with Gasteiger partial charge >= 0.3 is 0 Å². The second-order valence-corrected chi connectivity index (χ2v) is 6.41. The van der Waals surface area contributed by atoms with E-state index in [9.17, 15) is 9.59 Å². The number of aromatic nitrogens is 3. The van der Waals surface area contributed by atoms with Crippen LogP contribution in [0.15, 0.2) is 41.3 Å². The maximum atomic E-state index is 12.4. The SMILES string of the molecule is Cc1ccc(-c2c[nH]n3c(=O)cc(C4CC(=O)N(C)C4)nc23)cc1. The van der Waals surface area contributed by atoms with E-state index >= 15 is 0 Å². The van der Waals surface area contributed by atoms with E-state index in [4.69, 9.17) is 4.98 Å². The summed E-state index contributed by atoms with van der Waals surface area (Å²) in [5.74, 6) is 0.0655. The lowest BCUT2D eigenvalue weighted by atomic mass is 10.0. The van der Waals surface area contributed by atoms with Gasteiger partial charge in [0.15, 0.2) is 5.65 Å². The van der Waals surface area contributed by atoms with Crippen molar-refractivity contribution in [3.63, 3.8) is 0 Å². The standard InChI is InChI=1S/C18H18N4O2/c1-11-3-5-12(6-4-11)14-9-19-22-17(24)8-15(20-18(14)22)13-7-16(23)21(2)10-13/h3-6,8-9,13,19H,7,10H2,1-2H3. The van der Waals surface area contributed by atoms with Crippen molar-refractivity contribution in [3.05, 3.63) is 58.1 Å². The molecule has 1 aromatic carbocycles. The number of H-pyrrole nitrogens is 1. The van der Waals surface area contributed by atoms with Crippen molar-refractivity contribution < 1.29 is 4.79 Å². The predicted molar refractivity (Wildman–Crippen MR) is 91.0 cm³/mol. The molecule has 1 atom stereocenters. The number of benzene rings is 1. The number of amides is 1. The van der Waals surface area contributed by atoms with Gasteiger partial charge < -0.3 is 4.90 Å². The number of nitrogens with zero attached hydrogens (tertiary/aromatic N) is 3. The van der Waals surface area contributed by atoms with E-state index in [0.29, 0.717) is 24.3 Å². The van der Waals surface area contributed by atoms with Crippen molar-refractivity contribution in [1.29, 1.82) is 0 Å². The molecule has 24 heavy (non-hydrogen) atoms. The highest BCUT2D eigenvalue weighted by Gasteiger charge is 2.29. The zero-order valence-corrected chi connectivity index (χ0v) is 13.6. The third kappa shape index (κ3) is 2.31. The number of carbonyl (C=O) groups is 1. The molecule has 0 aliphatic carbocycles. The summed E-state index contributed by atoms with van der Waals surface area (Å²) in [7, 11) is 1.78. The molecule has 3 aromatic rings. The van der Waals surface area contributed by atoms with Gasteiger partial charge in [0.1, 0.15) is 0 Å². The summed E-state index contributed by atoms with van der Waals surface area (Å²) in [6.45, 7) is 2.64. The minimum absolute atomic E-state index is 0.0269. The molecule has 1 fully saturated rings. The van der Waals surface area contributed by atoms with Crippen LogP contribution in [-0.4, -0.2) is 39.0 Å². The van der Waals surface area contributed by atoms with E-state index in [-0.39, 0.29) is 17.4 Å². The molecule has 0 spiro atoms. The van der Waals surface area contributed by atoms with Crippen LogP contribution in [0.25, 0.3) is 16.8 Å². The first-order valence-corrected chi connectivity index (χ1v) is 7.95. The first kappa shape index (κ1) is 14.7. The van der Waals surface area contributed by atoms with Gasteiger partial charge in [-0.25, -0.2) is 9.50 Å². The zero-order chi connectivity index (χ0) is 16.8. The van der Waals surface area contributed by atoms with Crippen LogP contribution < -0.4 is 5.56 Å². The Kier molecular flexibility index (Phi) is 3.26. The quantitative estimate of drug-likeness (QED) is 0.784. The third-order valence-electron chi connectivity index (χ3n) is 4.64. The van der Waals surface area contributed by atoms with Gasteiger partial charge in [-0.1, -0.05) is 29.8 Å². The molecule has 0 bridgehead atoms. The lowest BCUT2D eigenvalue weighted by molar-refractivity contribution is -0.126. The number of likely N-dealkylation sites (tertiary alicyclic amines) is 1. The van der Waals surface area contributed by atoms with E-state index < -0.39 is 0 Å².